The first kappa shape index (κ1) is 19.7. The third-order valence-electron chi connectivity index (χ3n) is 5.85. The number of hydrogen-bond acceptors (Lipinski definition) is 4. The Bertz CT molecular complexity index is 1160. The van der Waals surface area contributed by atoms with Gasteiger partial charge in [0.2, 0.25) is 0 Å². The van der Waals surface area contributed by atoms with Crippen molar-refractivity contribution in [1.29, 1.82) is 0 Å². The fourth-order valence-electron chi connectivity index (χ4n) is 4.22. The van der Waals surface area contributed by atoms with E-state index in [9.17, 15) is 4.39 Å². The van der Waals surface area contributed by atoms with Gasteiger partial charge in [-0.05, 0) is 37.2 Å². The van der Waals surface area contributed by atoms with Gasteiger partial charge in [0.05, 0.1) is 11.4 Å². The maximum Gasteiger partial charge on any atom is 0.158 e. The molecule has 0 N–H and O–H groups in total. The molecule has 3 heterocycles. The van der Waals surface area contributed by atoms with Crippen molar-refractivity contribution in [3.05, 3.63) is 72.5 Å². The van der Waals surface area contributed by atoms with Crippen LogP contribution in [0.15, 0.2) is 66.7 Å². The lowest BCUT2D eigenvalue weighted by atomic mass is 10.1. The molecule has 1 aliphatic rings. The molecule has 158 valence electrons. The Hall–Kier alpha value is -3.25. The Morgan fingerprint density at radius 2 is 1.55 bits per heavy atom. The quantitative estimate of drug-likeness (QED) is 0.472. The van der Waals surface area contributed by atoms with Gasteiger partial charge >= 0.3 is 0 Å². The molecule has 0 saturated carbocycles. The topological polar surface area (TPSA) is 36.7 Å². The number of aromatic nitrogens is 3. The van der Waals surface area contributed by atoms with E-state index in [0.717, 1.165) is 66.7 Å². The highest BCUT2D eigenvalue weighted by atomic mass is 19.1. The van der Waals surface area contributed by atoms with Gasteiger partial charge in [0.15, 0.2) is 5.65 Å². The summed E-state index contributed by atoms with van der Waals surface area (Å²) in [5.74, 6) is 0.802. The number of piperazine rings is 1. The summed E-state index contributed by atoms with van der Waals surface area (Å²) in [7, 11) is 0. The Morgan fingerprint density at radius 3 is 2.26 bits per heavy atom. The summed E-state index contributed by atoms with van der Waals surface area (Å²) < 4.78 is 15.3. The summed E-state index contributed by atoms with van der Waals surface area (Å²) in [4.78, 5) is 9.81. The number of hydrogen-bond donors (Lipinski definition) is 0. The van der Waals surface area contributed by atoms with Gasteiger partial charge in [-0.15, -0.1) is 0 Å². The second kappa shape index (κ2) is 8.47. The van der Waals surface area contributed by atoms with Gasteiger partial charge in [-0.25, -0.2) is 9.37 Å². The molecule has 4 aromatic rings. The van der Waals surface area contributed by atoms with Crippen molar-refractivity contribution in [2.75, 3.05) is 37.6 Å². The Kier molecular flexibility index (Phi) is 5.38. The largest absolute Gasteiger partial charge is 0.354 e. The van der Waals surface area contributed by atoms with Crippen LogP contribution in [0, 0.1) is 5.82 Å². The fraction of sp³-hybridized carbons (Fsp3) is 0.280. The molecule has 6 heteroatoms. The van der Waals surface area contributed by atoms with Crippen LogP contribution in [0.4, 0.5) is 10.2 Å². The smallest absolute Gasteiger partial charge is 0.158 e. The number of halogens is 1. The Balaban J connectivity index is 1.58. The van der Waals surface area contributed by atoms with Gasteiger partial charge in [0.25, 0.3) is 0 Å². The summed E-state index contributed by atoms with van der Waals surface area (Å²) in [5, 5.41) is 4.85. The van der Waals surface area contributed by atoms with Crippen LogP contribution in [-0.2, 0) is 0 Å². The molecule has 0 spiro atoms. The van der Waals surface area contributed by atoms with Crippen LogP contribution >= 0.6 is 0 Å². The zero-order valence-electron chi connectivity index (χ0n) is 17.7. The third-order valence-corrected chi connectivity index (χ3v) is 5.85. The van der Waals surface area contributed by atoms with E-state index < -0.39 is 0 Å². The van der Waals surface area contributed by atoms with E-state index in [2.05, 4.69) is 34.9 Å². The highest BCUT2D eigenvalue weighted by Gasteiger charge is 2.21. The Morgan fingerprint density at radius 1 is 0.839 bits per heavy atom. The van der Waals surface area contributed by atoms with E-state index in [-0.39, 0.29) is 5.82 Å². The standard InChI is InChI=1S/C25H26FN5/c1-2-12-29-13-15-30(16-14-29)25-18-22(19-6-4-3-5-7-19)27-24-17-23(28-31(24)25)20-8-10-21(26)11-9-20/h3-11,17-18H,2,12-16H2,1H3. The van der Waals surface area contributed by atoms with Gasteiger partial charge in [0.1, 0.15) is 11.6 Å². The van der Waals surface area contributed by atoms with Crippen molar-refractivity contribution in [3.63, 3.8) is 0 Å². The molecule has 2 aromatic heterocycles. The molecule has 0 bridgehead atoms. The second-order valence-electron chi connectivity index (χ2n) is 8.00. The SMILES string of the molecule is CCCN1CCN(c2cc(-c3ccccc3)nc3cc(-c4ccc(F)cc4)nn23)CC1. The molecule has 0 amide bonds. The van der Waals surface area contributed by atoms with Crippen molar-refractivity contribution in [1.82, 2.24) is 19.5 Å². The summed E-state index contributed by atoms with van der Waals surface area (Å²) in [6, 6.07) is 20.8. The number of rotatable bonds is 5. The molecule has 0 radical (unpaired) electrons. The van der Waals surface area contributed by atoms with E-state index in [1.807, 2.05) is 28.8 Å². The van der Waals surface area contributed by atoms with Gasteiger partial charge in [-0.1, -0.05) is 37.3 Å². The van der Waals surface area contributed by atoms with Crippen LogP contribution in [0.5, 0.6) is 0 Å². The summed E-state index contributed by atoms with van der Waals surface area (Å²) in [6.45, 7) is 7.38. The maximum atomic E-state index is 13.4. The van der Waals surface area contributed by atoms with Crippen LogP contribution in [0.1, 0.15) is 13.3 Å². The highest BCUT2D eigenvalue weighted by Crippen LogP contribution is 2.28. The molecule has 1 fully saturated rings. The average Bonchev–Trinajstić information content (AvgIpc) is 3.24. The summed E-state index contributed by atoms with van der Waals surface area (Å²) >= 11 is 0. The van der Waals surface area contributed by atoms with Crippen molar-refractivity contribution >= 4 is 11.5 Å². The van der Waals surface area contributed by atoms with Crippen molar-refractivity contribution in [3.8, 4) is 22.5 Å². The van der Waals surface area contributed by atoms with Gasteiger partial charge in [-0.3, -0.25) is 4.90 Å². The molecule has 31 heavy (non-hydrogen) atoms. The first-order valence-corrected chi connectivity index (χ1v) is 10.9. The third kappa shape index (κ3) is 4.03. The zero-order chi connectivity index (χ0) is 21.2. The van der Waals surface area contributed by atoms with Gasteiger partial charge < -0.3 is 4.90 Å². The number of anilines is 1. The lowest BCUT2D eigenvalue weighted by Crippen LogP contribution is -2.47. The van der Waals surface area contributed by atoms with Crippen molar-refractivity contribution in [2.24, 2.45) is 0 Å². The van der Waals surface area contributed by atoms with Crippen molar-refractivity contribution in [2.45, 2.75) is 13.3 Å². The van der Waals surface area contributed by atoms with Crippen LogP contribution in [-0.4, -0.2) is 52.2 Å². The number of fused-ring (bicyclic) bond motifs is 1. The van der Waals surface area contributed by atoms with E-state index >= 15 is 0 Å². The first-order chi connectivity index (χ1) is 15.2. The Labute approximate surface area is 181 Å². The molecule has 0 unspecified atom stereocenters. The first-order valence-electron chi connectivity index (χ1n) is 10.9. The molecule has 1 aliphatic heterocycles. The molecule has 5 rings (SSSR count). The fourth-order valence-corrected chi connectivity index (χ4v) is 4.22. The molecule has 0 aliphatic carbocycles. The van der Waals surface area contributed by atoms with Crippen LogP contribution in [0.2, 0.25) is 0 Å². The summed E-state index contributed by atoms with van der Waals surface area (Å²) in [5.41, 5.74) is 4.49. The summed E-state index contributed by atoms with van der Waals surface area (Å²) in [6.07, 6.45) is 1.18. The molecule has 0 atom stereocenters. The molecular weight excluding hydrogens is 389 g/mol. The van der Waals surface area contributed by atoms with Crippen LogP contribution < -0.4 is 4.90 Å². The minimum atomic E-state index is -0.248. The average molecular weight is 416 g/mol. The molecule has 5 nitrogen and oxygen atoms in total. The molecular formula is C25H26FN5. The monoisotopic (exact) mass is 415 g/mol. The van der Waals surface area contributed by atoms with E-state index in [0.29, 0.717) is 0 Å². The molecule has 2 aromatic carbocycles. The van der Waals surface area contributed by atoms with Gasteiger partial charge in [-0.2, -0.15) is 9.61 Å². The second-order valence-corrected chi connectivity index (χ2v) is 8.00. The minimum Gasteiger partial charge on any atom is -0.354 e. The van der Waals surface area contributed by atoms with Gasteiger partial charge in [0, 0.05) is 49.4 Å². The molecule has 1 saturated heterocycles. The predicted octanol–water partition coefficient (Wildman–Crippen LogP) is 4.73. The lowest BCUT2D eigenvalue weighted by molar-refractivity contribution is 0.257. The maximum absolute atomic E-state index is 13.4. The normalized spacial score (nSPS) is 15.0. The van der Waals surface area contributed by atoms with Crippen molar-refractivity contribution < 1.29 is 4.39 Å². The van der Waals surface area contributed by atoms with E-state index in [1.54, 1.807) is 12.1 Å². The van der Waals surface area contributed by atoms with Crippen LogP contribution in [0.3, 0.4) is 0 Å². The zero-order valence-corrected chi connectivity index (χ0v) is 17.7. The highest BCUT2D eigenvalue weighted by molar-refractivity contribution is 5.71. The number of benzene rings is 2. The lowest BCUT2D eigenvalue weighted by Gasteiger charge is -2.35. The predicted molar refractivity (Wildman–Crippen MR) is 123 cm³/mol. The minimum absolute atomic E-state index is 0.248. The van der Waals surface area contributed by atoms with E-state index in [4.69, 9.17) is 10.1 Å². The van der Waals surface area contributed by atoms with Crippen LogP contribution in [0.25, 0.3) is 28.2 Å². The number of nitrogens with zero attached hydrogens (tertiary/aromatic N) is 5. The van der Waals surface area contributed by atoms with E-state index in [1.165, 1.54) is 18.6 Å².